The first-order valence-corrected chi connectivity index (χ1v) is 6.68. The van der Waals surface area contributed by atoms with Crippen molar-refractivity contribution in [2.75, 3.05) is 0 Å². The number of benzene rings is 1. The molecule has 1 rings (SSSR count). The number of aliphatic carboxylic acids is 1. The van der Waals surface area contributed by atoms with Crippen LogP contribution in [0.15, 0.2) is 24.3 Å². The zero-order valence-corrected chi connectivity index (χ0v) is 10.4. The highest BCUT2D eigenvalue weighted by Gasteiger charge is 2.50. The van der Waals surface area contributed by atoms with Crippen LogP contribution in [0.1, 0.15) is 11.1 Å². The number of hydrogen-bond acceptors (Lipinski definition) is 3. The van der Waals surface area contributed by atoms with Crippen molar-refractivity contribution in [3.8, 4) is 0 Å². The Labute approximate surface area is 107 Å². The van der Waals surface area contributed by atoms with Gasteiger partial charge in [0.2, 0.25) is 0 Å². The quantitative estimate of drug-likeness (QED) is 0.598. The maximum atomic E-state index is 13.3. The molecule has 0 bridgehead atoms. The molecule has 1 atom stereocenters. The number of carboxylic acids is 1. The van der Waals surface area contributed by atoms with Crippen LogP contribution in [0, 0.1) is 0 Å². The smallest absolute Gasteiger partial charge is 0.399 e. The van der Waals surface area contributed by atoms with E-state index in [1.54, 1.807) is 0 Å². The molecule has 0 heterocycles. The lowest BCUT2D eigenvalue weighted by Gasteiger charge is -2.18. The van der Waals surface area contributed by atoms with E-state index in [0.29, 0.717) is 5.56 Å². The van der Waals surface area contributed by atoms with E-state index >= 15 is 0 Å². The SMILES string of the molecule is N[C@H](Cc1ccc(C(F)(F)P(=O)(O)O)cc1)C(=O)O. The topological polar surface area (TPSA) is 121 Å². The molecule has 19 heavy (non-hydrogen) atoms. The highest BCUT2D eigenvalue weighted by atomic mass is 31.2. The highest BCUT2D eigenvalue weighted by Crippen LogP contribution is 2.59. The van der Waals surface area contributed by atoms with Gasteiger partial charge in [-0.15, -0.1) is 0 Å². The van der Waals surface area contributed by atoms with E-state index in [1.807, 2.05) is 0 Å². The number of hydrogen-bond donors (Lipinski definition) is 4. The number of carbonyl (C=O) groups is 1. The van der Waals surface area contributed by atoms with Crippen molar-refractivity contribution < 1.29 is 33.0 Å². The zero-order chi connectivity index (χ0) is 14.8. The van der Waals surface area contributed by atoms with Gasteiger partial charge in [0.25, 0.3) is 0 Å². The van der Waals surface area contributed by atoms with Gasteiger partial charge in [0, 0.05) is 5.56 Å². The van der Waals surface area contributed by atoms with Crippen LogP contribution < -0.4 is 5.73 Å². The van der Waals surface area contributed by atoms with Crippen LogP contribution >= 0.6 is 7.60 Å². The summed E-state index contributed by atoms with van der Waals surface area (Å²) >= 11 is 0. The standard InChI is InChI=1S/C10H12F2NO5P/c11-10(12,19(16,17)18)7-3-1-6(2-4-7)5-8(13)9(14)15/h1-4,8H,5,13H2,(H,14,15)(H2,16,17,18)/t8-/m1/s1. The summed E-state index contributed by atoms with van der Waals surface area (Å²) in [7, 11) is -5.60. The van der Waals surface area contributed by atoms with Crippen molar-refractivity contribution in [1.29, 1.82) is 0 Å². The van der Waals surface area contributed by atoms with Gasteiger partial charge in [0.1, 0.15) is 6.04 Å². The van der Waals surface area contributed by atoms with Gasteiger partial charge in [-0.25, -0.2) is 0 Å². The molecule has 106 valence electrons. The summed E-state index contributed by atoms with van der Waals surface area (Å²) in [5, 5.41) is 8.59. The van der Waals surface area contributed by atoms with Gasteiger partial charge in [0.05, 0.1) is 0 Å². The molecule has 0 spiro atoms. The maximum absolute atomic E-state index is 13.3. The van der Waals surface area contributed by atoms with E-state index in [1.165, 1.54) is 0 Å². The first-order chi connectivity index (χ1) is 8.55. The molecule has 1 aromatic rings. The van der Waals surface area contributed by atoms with E-state index in [9.17, 15) is 18.1 Å². The third-order valence-electron chi connectivity index (χ3n) is 2.44. The predicted molar refractivity (Wildman–Crippen MR) is 61.7 cm³/mol. The van der Waals surface area contributed by atoms with Crippen molar-refractivity contribution in [3.05, 3.63) is 35.4 Å². The average molecular weight is 295 g/mol. The van der Waals surface area contributed by atoms with Crippen molar-refractivity contribution >= 4 is 13.6 Å². The molecule has 5 N–H and O–H groups in total. The Hall–Kier alpha value is -1.34. The van der Waals surface area contributed by atoms with Gasteiger partial charge in [-0.05, 0) is 12.0 Å². The molecule has 0 saturated carbocycles. The summed E-state index contributed by atoms with van der Waals surface area (Å²) in [5.41, 5.74) is 0.528. The predicted octanol–water partition coefficient (Wildman–Crippen LogP) is 0.868. The van der Waals surface area contributed by atoms with Gasteiger partial charge >= 0.3 is 19.2 Å². The van der Waals surface area contributed by atoms with E-state index in [-0.39, 0.29) is 6.42 Å². The summed E-state index contributed by atoms with van der Waals surface area (Å²) in [6, 6.07) is 2.81. The van der Waals surface area contributed by atoms with Crippen LogP contribution in [0.25, 0.3) is 0 Å². The minimum Gasteiger partial charge on any atom is -0.480 e. The van der Waals surface area contributed by atoms with Crippen LogP contribution in [0.5, 0.6) is 0 Å². The molecule has 0 aliphatic heterocycles. The van der Waals surface area contributed by atoms with Gasteiger partial charge < -0.3 is 20.6 Å². The van der Waals surface area contributed by atoms with E-state index in [0.717, 1.165) is 24.3 Å². The lowest BCUT2D eigenvalue weighted by atomic mass is 10.0. The second-order valence-electron chi connectivity index (χ2n) is 3.93. The summed E-state index contributed by atoms with van der Waals surface area (Å²) in [5.74, 6) is -1.23. The fourth-order valence-electron chi connectivity index (χ4n) is 1.35. The minimum absolute atomic E-state index is 0.0723. The molecule has 0 unspecified atom stereocenters. The maximum Gasteiger partial charge on any atom is 0.399 e. The Morgan fingerprint density at radius 3 is 2.16 bits per heavy atom. The summed E-state index contributed by atoms with van der Waals surface area (Å²) in [6.45, 7) is 0. The summed E-state index contributed by atoms with van der Waals surface area (Å²) < 4.78 is 37.3. The van der Waals surface area contributed by atoms with Crippen molar-refractivity contribution in [3.63, 3.8) is 0 Å². The first kappa shape index (κ1) is 15.7. The monoisotopic (exact) mass is 295 g/mol. The lowest BCUT2D eigenvalue weighted by Crippen LogP contribution is -2.32. The van der Waals surface area contributed by atoms with Crippen molar-refractivity contribution in [1.82, 2.24) is 0 Å². The number of halogens is 2. The zero-order valence-electron chi connectivity index (χ0n) is 9.53. The lowest BCUT2D eigenvalue weighted by molar-refractivity contribution is -0.138. The van der Waals surface area contributed by atoms with Gasteiger partial charge in [-0.1, -0.05) is 24.3 Å². The number of carboxylic acid groups (broad SMARTS) is 1. The molecular weight excluding hydrogens is 283 g/mol. The van der Waals surface area contributed by atoms with Gasteiger partial charge in [0.15, 0.2) is 0 Å². The molecule has 0 aliphatic carbocycles. The van der Waals surface area contributed by atoms with E-state index < -0.39 is 30.8 Å². The first-order valence-electron chi connectivity index (χ1n) is 5.07. The van der Waals surface area contributed by atoms with Crippen molar-refractivity contribution in [2.24, 2.45) is 5.73 Å². The second-order valence-corrected chi connectivity index (χ2v) is 5.58. The molecule has 1 aromatic carbocycles. The second kappa shape index (κ2) is 5.34. The van der Waals surface area contributed by atoms with Gasteiger partial charge in [-0.3, -0.25) is 9.36 Å². The highest BCUT2D eigenvalue weighted by molar-refractivity contribution is 7.52. The Balaban J connectivity index is 2.94. The van der Waals surface area contributed by atoms with E-state index in [4.69, 9.17) is 20.6 Å². The molecule has 9 heteroatoms. The molecule has 0 radical (unpaired) electrons. The number of nitrogens with two attached hydrogens (primary N) is 1. The molecular formula is C10H12F2NO5P. The van der Waals surface area contributed by atoms with Crippen LogP contribution in [0.3, 0.4) is 0 Å². The Kier molecular flexibility index (Phi) is 4.42. The Morgan fingerprint density at radius 1 is 1.32 bits per heavy atom. The summed E-state index contributed by atoms with van der Waals surface area (Å²) in [4.78, 5) is 27.6. The largest absolute Gasteiger partial charge is 0.480 e. The normalized spacial score (nSPS) is 14.2. The molecule has 0 fully saturated rings. The third kappa shape index (κ3) is 3.57. The molecule has 6 nitrogen and oxygen atoms in total. The molecule has 0 aliphatic rings. The number of alkyl halides is 2. The number of rotatable bonds is 5. The van der Waals surface area contributed by atoms with E-state index in [2.05, 4.69) is 0 Å². The van der Waals surface area contributed by atoms with Crippen LogP contribution in [0.2, 0.25) is 0 Å². The fourth-order valence-corrected chi connectivity index (χ4v) is 1.84. The molecule has 0 amide bonds. The van der Waals surface area contributed by atoms with Crippen LogP contribution in [-0.4, -0.2) is 26.9 Å². The summed E-state index contributed by atoms with van der Waals surface area (Å²) in [6.07, 6.45) is -0.0723. The Morgan fingerprint density at radius 2 is 1.79 bits per heavy atom. The average Bonchev–Trinajstić information content (AvgIpc) is 2.28. The minimum atomic E-state index is -5.60. The molecule has 0 saturated heterocycles. The third-order valence-corrected chi connectivity index (χ3v) is 3.43. The van der Waals surface area contributed by atoms with Gasteiger partial charge in [-0.2, -0.15) is 8.78 Å². The molecule has 0 aromatic heterocycles. The Bertz CT molecular complexity index is 513. The van der Waals surface area contributed by atoms with Crippen LogP contribution in [-0.2, 0) is 21.4 Å². The van der Waals surface area contributed by atoms with Crippen molar-refractivity contribution in [2.45, 2.75) is 18.1 Å². The van der Waals surface area contributed by atoms with Crippen LogP contribution in [0.4, 0.5) is 8.78 Å². The fraction of sp³-hybridized carbons (Fsp3) is 0.300.